The van der Waals surface area contributed by atoms with Crippen LogP contribution in [0.3, 0.4) is 0 Å². The average Bonchev–Trinajstić information content (AvgIpc) is 2.64. The van der Waals surface area contributed by atoms with Crippen LogP contribution in [-0.4, -0.2) is 28.6 Å². The van der Waals surface area contributed by atoms with E-state index in [2.05, 4.69) is 5.32 Å². The second kappa shape index (κ2) is 8.23. The molecule has 28 heavy (non-hydrogen) atoms. The molecule has 0 saturated carbocycles. The lowest BCUT2D eigenvalue weighted by Crippen LogP contribution is -2.54. The minimum absolute atomic E-state index is 0.0295. The smallest absolute Gasteiger partial charge is 0.270 e. The number of hydrogen-bond donors (Lipinski definition) is 2. The maximum atomic E-state index is 14.2. The number of carbonyl (C=O) groups excluding carboxylic acids is 2. The summed E-state index contributed by atoms with van der Waals surface area (Å²) in [6.07, 6.45) is 1.34. The van der Waals surface area contributed by atoms with Gasteiger partial charge in [0, 0.05) is 0 Å². The van der Waals surface area contributed by atoms with Gasteiger partial charge in [-0.2, -0.15) is 0 Å². The van der Waals surface area contributed by atoms with Crippen molar-refractivity contribution in [3.63, 3.8) is 0 Å². The van der Waals surface area contributed by atoms with E-state index in [4.69, 9.17) is 17.0 Å². The topological polar surface area (TPSA) is 78.9 Å². The number of amides is 2. The number of nitrogens with zero attached hydrogens (tertiary/aromatic N) is 1. The van der Waals surface area contributed by atoms with E-state index < -0.39 is 17.6 Å². The monoisotopic (exact) mass is 512 g/mol. The Labute approximate surface area is 179 Å². The first-order chi connectivity index (χ1) is 13.3. The number of anilines is 1. The fraction of sp³-hybridized carbons (Fsp3) is 0.105. The van der Waals surface area contributed by atoms with Gasteiger partial charge in [0.15, 0.2) is 16.6 Å². The van der Waals surface area contributed by atoms with E-state index in [0.29, 0.717) is 15.7 Å². The molecule has 0 bridgehead atoms. The summed E-state index contributed by atoms with van der Waals surface area (Å²) in [5.74, 6) is -1.89. The van der Waals surface area contributed by atoms with Gasteiger partial charge in [-0.05, 0) is 77.6 Å². The zero-order chi connectivity index (χ0) is 20.4. The van der Waals surface area contributed by atoms with E-state index in [-0.39, 0.29) is 27.9 Å². The fourth-order valence-corrected chi connectivity index (χ4v) is 3.52. The molecule has 1 heterocycles. The molecule has 2 N–H and O–H groups in total. The zero-order valence-corrected chi connectivity index (χ0v) is 17.5. The number of benzene rings is 2. The van der Waals surface area contributed by atoms with Crippen LogP contribution in [0.2, 0.25) is 0 Å². The first-order valence-electron chi connectivity index (χ1n) is 8.14. The summed E-state index contributed by atoms with van der Waals surface area (Å²) in [6, 6.07) is 8.73. The van der Waals surface area contributed by atoms with Crippen molar-refractivity contribution in [1.82, 2.24) is 5.32 Å². The molecule has 0 unspecified atom stereocenters. The van der Waals surface area contributed by atoms with Gasteiger partial charge in [-0.1, -0.05) is 12.1 Å². The molecular weight excluding hydrogens is 498 g/mol. The molecule has 0 radical (unpaired) electrons. The highest BCUT2D eigenvalue weighted by Gasteiger charge is 2.35. The maximum absolute atomic E-state index is 14.2. The lowest BCUT2D eigenvalue weighted by atomic mass is 10.1. The highest BCUT2D eigenvalue weighted by atomic mass is 127. The van der Waals surface area contributed by atoms with E-state index in [1.807, 2.05) is 22.6 Å². The molecule has 144 valence electrons. The number of halogens is 2. The number of para-hydroxylation sites is 1. The molecule has 0 aliphatic carbocycles. The third kappa shape index (κ3) is 3.85. The lowest BCUT2D eigenvalue weighted by Gasteiger charge is -2.29. The Balaban J connectivity index is 2.06. The van der Waals surface area contributed by atoms with Crippen LogP contribution in [0.4, 0.5) is 10.1 Å². The summed E-state index contributed by atoms with van der Waals surface area (Å²) < 4.78 is 20.0. The van der Waals surface area contributed by atoms with Gasteiger partial charge in [-0.25, -0.2) is 9.29 Å². The standard InChI is InChI=1S/C19H14FIN2O4S/c1-2-27-15-9-10(8-13(21)16(15)24)7-11-17(25)22-19(28)23(18(11)26)14-6-4-3-5-12(14)20/h3-9,24H,2H2,1H3,(H,22,25,28)/b11-7+. The van der Waals surface area contributed by atoms with E-state index >= 15 is 0 Å². The number of rotatable bonds is 4. The third-order valence-corrected chi connectivity index (χ3v) is 4.96. The van der Waals surface area contributed by atoms with Crippen LogP contribution in [0.1, 0.15) is 12.5 Å². The SMILES string of the molecule is CCOc1cc(/C=C2\C(=O)NC(=S)N(c3ccccc3F)C2=O)cc(I)c1O. The summed E-state index contributed by atoms with van der Waals surface area (Å²) in [4.78, 5) is 26.2. The Kier molecular flexibility index (Phi) is 5.94. The minimum atomic E-state index is -0.750. The van der Waals surface area contributed by atoms with Crippen molar-refractivity contribution < 1.29 is 23.8 Å². The predicted molar refractivity (Wildman–Crippen MR) is 115 cm³/mol. The van der Waals surface area contributed by atoms with Crippen molar-refractivity contribution in [2.75, 3.05) is 11.5 Å². The van der Waals surface area contributed by atoms with Crippen LogP contribution < -0.4 is 15.0 Å². The molecule has 1 aliphatic heterocycles. The van der Waals surface area contributed by atoms with Crippen LogP contribution in [0.15, 0.2) is 42.0 Å². The largest absolute Gasteiger partial charge is 0.504 e. The summed E-state index contributed by atoms with van der Waals surface area (Å²) in [7, 11) is 0. The highest BCUT2D eigenvalue weighted by molar-refractivity contribution is 14.1. The molecular formula is C19H14FIN2O4S. The lowest BCUT2D eigenvalue weighted by molar-refractivity contribution is -0.122. The van der Waals surface area contributed by atoms with Gasteiger partial charge in [0.25, 0.3) is 11.8 Å². The summed E-state index contributed by atoms with van der Waals surface area (Å²) in [6.45, 7) is 2.10. The Hall–Kier alpha value is -2.53. The van der Waals surface area contributed by atoms with Crippen LogP contribution in [0, 0.1) is 9.39 Å². The van der Waals surface area contributed by atoms with Crippen molar-refractivity contribution in [3.05, 3.63) is 56.9 Å². The summed E-state index contributed by atoms with van der Waals surface area (Å²) in [5, 5.41) is 12.3. The van der Waals surface area contributed by atoms with Gasteiger partial charge >= 0.3 is 0 Å². The molecule has 0 atom stereocenters. The number of phenolic OH excluding ortho intramolecular Hbond substituents is 1. The van der Waals surface area contributed by atoms with Gasteiger partial charge in [0.2, 0.25) is 0 Å². The quantitative estimate of drug-likeness (QED) is 0.285. The number of phenols is 1. The first kappa shape index (κ1) is 20.2. The maximum Gasteiger partial charge on any atom is 0.270 e. The van der Waals surface area contributed by atoms with Gasteiger partial charge in [0.05, 0.1) is 15.9 Å². The molecule has 3 rings (SSSR count). The Morgan fingerprint density at radius 3 is 2.71 bits per heavy atom. The minimum Gasteiger partial charge on any atom is -0.504 e. The predicted octanol–water partition coefficient (Wildman–Crippen LogP) is 3.37. The van der Waals surface area contributed by atoms with Crippen LogP contribution >= 0.6 is 34.8 Å². The van der Waals surface area contributed by atoms with Crippen LogP contribution in [-0.2, 0) is 9.59 Å². The number of carbonyl (C=O) groups is 2. The molecule has 6 nitrogen and oxygen atoms in total. The highest BCUT2D eigenvalue weighted by Crippen LogP contribution is 2.34. The molecule has 1 fully saturated rings. The van der Waals surface area contributed by atoms with Gasteiger partial charge < -0.3 is 9.84 Å². The van der Waals surface area contributed by atoms with Gasteiger partial charge in [-0.15, -0.1) is 0 Å². The van der Waals surface area contributed by atoms with Crippen LogP contribution in [0.5, 0.6) is 11.5 Å². The second-order valence-corrected chi connectivity index (χ2v) is 7.24. The molecule has 0 aromatic heterocycles. The molecule has 0 spiro atoms. The van der Waals surface area contributed by atoms with Crippen molar-refractivity contribution in [2.24, 2.45) is 0 Å². The Bertz CT molecular complexity index is 1020. The summed E-state index contributed by atoms with van der Waals surface area (Å²) >= 11 is 6.97. The molecule has 2 aromatic carbocycles. The Morgan fingerprint density at radius 1 is 1.32 bits per heavy atom. The Morgan fingerprint density at radius 2 is 2.04 bits per heavy atom. The van der Waals surface area contributed by atoms with E-state index in [1.54, 1.807) is 19.1 Å². The van der Waals surface area contributed by atoms with Crippen molar-refractivity contribution in [3.8, 4) is 11.5 Å². The molecule has 2 amide bonds. The zero-order valence-electron chi connectivity index (χ0n) is 14.5. The van der Waals surface area contributed by atoms with Crippen LogP contribution in [0.25, 0.3) is 6.08 Å². The molecule has 9 heteroatoms. The number of thiocarbonyl (C=S) groups is 1. The molecule has 2 aromatic rings. The number of ether oxygens (including phenoxy) is 1. The van der Waals surface area contributed by atoms with E-state index in [9.17, 15) is 19.1 Å². The number of nitrogens with one attached hydrogen (secondary N) is 1. The number of hydrogen-bond acceptors (Lipinski definition) is 5. The normalized spacial score (nSPS) is 15.8. The fourth-order valence-electron chi connectivity index (χ4n) is 2.62. The second-order valence-electron chi connectivity index (χ2n) is 5.69. The third-order valence-electron chi connectivity index (χ3n) is 3.86. The van der Waals surface area contributed by atoms with Crippen molar-refractivity contribution in [1.29, 1.82) is 0 Å². The first-order valence-corrected chi connectivity index (χ1v) is 9.63. The van der Waals surface area contributed by atoms with Gasteiger partial charge in [-0.3, -0.25) is 14.9 Å². The van der Waals surface area contributed by atoms with Crippen molar-refractivity contribution >= 4 is 63.5 Å². The number of aromatic hydroxyl groups is 1. The van der Waals surface area contributed by atoms with E-state index in [1.165, 1.54) is 30.3 Å². The molecule has 1 aliphatic rings. The average molecular weight is 512 g/mol. The van der Waals surface area contributed by atoms with E-state index in [0.717, 1.165) is 4.90 Å². The van der Waals surface area contributed by atoms with Crippen molar-refractivity contribution in [2.45, 2.75) is 6.92 Å². The molecule has 1 saturated heterocycles. The van der Waals surface area contributed by atoms with Gasteiger partial charge in [0.1, 0.15) is 11.4 Å². The summed E-state index contributed by atoms with van der Waals surface area (Å²) in [5.41, 5.74) is 0.185.